The Balaban J connectivity index is 0.00000158. The minimum atomic E-state index is -1.67. The first-order valence-electron chi connectivity index (χ1n) is 45.6. The van der Waals surface area contributed by atoms with E-state index < -0.39 is 54.2 Å². The number of benzene rings is 3. The molecule has 3 amide bonds. The second kappa shape index (κ2) is 69.1. The van der Waals surface area contributed by atoms with Crippen LogP contribution in [0.1, 0.15) is 223 Å². The summed E-state index contributed by atoms with van der Waals surface area (Å²) in [5.74, 6) is 9.29. The number of hydrogen-bond donors (Lipinski definition) is 10. The molecule has 33 nitrogen and oxygen atoms in total. The normalized spacial score (nSPS) is 18.8. The minimum Gasteiger partial charge on any atom is -0.444 e. The number of aliphatic hydroxyl groups is 4. The standard InChI is InChI=1S/C16H26N2O3.C15H24N2O5.C15H24N2O4.C13H17N3O.C11H18N2O.C9H12ClN.C9H13NO.C4H6N2O.C3H5ClO.CHCl3.CH4.CH3.Cl2OS.ClH.Ni/c1-10-9-18(15(19)20-16(4,5)6)8-7-13(10)14-11(2)17-21-12(14)3;1-9-12(10(2)22-16-9)15(20)6-7-17(8-11(15)18)13(19)21-14(3,4)5;1-9-13(10(2)21-16-9)11-6-7-17(8-12(11)18)14(19)20-15(3,4)5;1-11-9-13(16-17-11)15-8-7-14-10-12-5-3-2-4-6-12;1-7-6-12-5-4-10(7)11-8(2)13-14-9(11)3;10-6-7-11-8-9-4-2-1-3-5-9;11-7-6-10-8-9-4-2-1-3-5-9;1-3-2-4(5)6-7-3;4-1-3-2-5-3;2-1(3)4;;;1-4(2)3;;/h10,13H,7-9H2,1-6H3;11,18,20H,6-8H2,1-5H3;11-12,18H,6-8H2,1-5H3;2-6,9,14H,7-8,10H2,1H3,(H,15,16);7,10,12H,4-6H2,1-3H3;1-5,11H,6-8H2;1-5,10-11H,6-8H2;2H,1H3,(H2,5,6);3H,1-2H2;1H;1H4;1H3;;1H;/q;;;;;;;;;;;-1;;;. The summed E-state index contributed by atoms with van der Waals surface area (Å²) in [4.78, 5) is 41.1. The van der Waals surface area contributed by atoms with Gasteiger partial charge in [0.05, 0.1) is 72.7 Å². The molecule has 5 aliphatic heterocycles. The van der Waals surface area contributed by atoms with E-state index in [1.54, 1.807) is 52.5 Å². The van der Waals surface area contributed by atoms with Crippen LogP contribution in [0.2, 0.25) is 0 Å². The molecule has 0 spiro atoms. The number of piperidine rings is 4. The zero-order chi connectivity index (χ0) is 102. The van der Waals surface area contributed by atoms with E-state index in [1.165, 1.54) is 39.1 Å². The molecule has 11 N–H and O–H groups in total. The Morgan fingerprint density at radius 2 is 0.936 bits per heavy atom. The maximum atomic E-state index is 12.2. The van der Waals surface area contributed by atoms with Gasteiger partial charge in [0.2, 0.25) is 9.23 Å². The molecule has 0 aliphatic carbocycles. The van der Waals surface area contributed by atoms with Crippen LogP contribution in [0, 0.1) is 88.5 Å². The fourth-order valence-corrected chi connectivity index (χ4v) is 15.4. The molecule has 0 bridgehead atoms. The number of aromatic nitrogens is 6. The zero-order valence-corrected chi connectivity index (χ0v) is 92.6. The average molecular weight is 2200 g/mol. The summed E-state index contributed by atoms with van der Waals surface area (Å²) in [5.41, 5.74) is 13.4. The van der Waals surface area contributed by atoms with Crippen molar-refractivity contribution in [1.29, 1.82) is 0 Å². The average Bonchev–Trinajstić information content (AvgIpc) is 1.67. The van der Waals surface area contributed by atoms with E-state index in [0.717, 1.165) is 123 Å². The summed E-state index contributed by atoms with van der Waals surface area (Å²) in [6.45, 7) is 51.5. The van der Waals surface area contributed by atoms with Gasteiger partial charge in [0.25, 0.3) is 0 Å². The Labute approximate surface area is 887 Å². The maximum absolute atomic E-state index is 12.2. The van der Waals surface area contributed by atoms with Gasteiger partial charge in [-0.2, -0.15) is 0 Å². The molecule has 802 valence electrons. The van der Waals surface area contributed by atoms with E-state index in [1.807, 2.05) is 156 Å². The van der Waals surface area contributed by atoms with Crippen LogP contribution in [0.5, 0.6) is 0 Å². The smallest absolute Gasteiger partial charge is 0.410 e. The SMILES string of the molecule is C.Cc1cc(N)no1.Cc1cc(NCCNCc2ccccc2)no1.Cc1noc(C)c1C1(O)CCN(C(=O)OC(C)(C)C)CC1O.Cc1noc(C)c1C1CCN(C(=O)OC(C)(C)C)CC1C.Cc1noc(C)c1C1CCN(C(=O)OC(C)(C)C)CC1O.Cc1noc(C)c1C1CCNCC1C.Cl.ClC(Cl)Cl.ClCC1CO1.ClCCNCc1ccccc1.O=S(Cl)Cl.OCCNCc1ccccc1.[CH3-].[Ni]. The first kappa shape index (κ1) is 134. The van der Waals surface area contributed by atoms with E-state index in [4.69, 9.17) is 115 Å². The Morgan fingerprint density at radius 1 is 0.553 bits per heavy atom. The number of hydrogen-bond acceptors (Lipinski definition) is 30. The molecule has 5 saturated heterocycles. The van der Waals surface area contributed by atoms with Gasteiger partial charge in [0, 0.05) is 157 Å². The number of nitrogen functional groups attached to an aromatic ring is 1. The molecular formula is C98H154Cl8N15NiO18S-. The summed E-state index contributed by atoms with van der Waals surface area (Å²) in [7, 11) is 7.36. The first-order chi connectivity index (χ1) is 64.5. The van der Waals surface area contributed by atoms with Crippen molar-refractivity contribution in [3.8, 4) is 0 Å². The Bertz CT molecular complexity index is 4650. The largest absolute Gasteiger partial charge is 0.444 e. The van der Waals surface area contributed by atoms with Crippen LogP contribution in [-0.4, -0.2) is 231 Å². The van der Waals surface area contributed by atoms with Crippen molar-refractivity contribution in [3.05, 3.63) is 207 Å². The summed E-state index contributed by atoms with van der Waals surface area (Å²) in [6, 6.07) is 34.3. The zero-order valence-electron chi connectivity index (χ0n) is 84.7. The molecule has 14 rings (SSSR count). The number of carbonyl (C=O) groups is 3. The molecule has 6 aromatic heterocycles. The van der Waals surface area contributed by atoms with Gasteiger partial charge >= 0.3 is 18.3 Å². The Kier molecular flexibility index (Phi) is 65.7. The Hall–Kier alpha value is -7.07. The van der Waals surface area contributed by atoms with Crippen molar-refractivity contribution in [2.75, 3.05) is 115 Å². The molecule has 9 aromatic rings. The number of ether oxygens (including phenoxy) is 4. The predicted molar refractivity (Wildman–Crippen MR) is 561 cm³/mol. The number of aliphatic hydroxyl groups excluding tert-OH is 3. The number of epoxide rings is 1. The van der Waals surface area contributed by atoms with Gasteiger partial charge in [-0.15, -0.1) is 35.6 Å². The fourth-order valence-electron chi connectivity index (χ4n) is 15.0. The van der Waals surface area contributed by atoms with E-state index >= 15 is 0 Å². The van der Waals surface area contributed by atoms with Crippen LogP contribution in [0.3, 0.4) is 0 Å². The van der Waals surface area contributed by atoms with Crippen molar-refractivity contribution in [2.24, 2.45) is 11.8 Å². The second-order valence-electron chi connectivity index (χ2n) is 36.3. The number of aryl methyl sites for hydroxylation is 10. The summed E-state index contributed by atoms with van der Waals surface area (Å²) < 4.78 is 59.5. The minimum absolute atomic E-state index is 0. The molecule has 141 heavy (non-hydrogen) atoms. The second-order valence-corrected chi connectivity index (χ2v) is 41.5. The number of nitrogens with one attached hydrogen (secondary N) is 5. The number of rotatable bonds is 19. The molecule has 5 fully saturated rings. The van der Waals surface area contributed by atoms with E-state index in [-0.39, 0.29) is 94.5 Å². The fraction of sp³-hybridized carbons (Fsp3) is 0.592. The molecule has 5 aliphatic rings. The van der Waals surface area contributed by atoms with E-state index in [2.05, 4.69) is 134 Å². The van der Waals surface area contributed by atoms with Crippen LogP contribution in [0.15, 0.2) is 130 Å². The molecule has 0 radical (unpaired) electrons. The van der Waals surface area contributed by atoms with Gasteiger partial charge in [0.15, 0.2) is 15.9 Å². The van der Waals surface area contributed by atoms with Crippen molar-refractivity contribution in [1.82, 2.24) is 66.9 Å². The van der Waals surface area contributed by atoms with Crippen LogP contribution >= 0.6 is 91.8 Å². The quantitative estimate of drug-likeness (QED) is 0.00683. The molecule has 43 heteroatoms. The molecule has 0 saturated carbocycles. The van der Waals surface area contributed by atoms with Crippen molar-refractivity contribution >= 4 is 131 Å². The monoisotopic (exact) mass is 2200 g/mol. The first-order valence-corrected chi connectivity index (χ1v) is 50.7. The van der Waals surface area contributed by atoms with Gasteiger partial charge in [0.1, 0.15) is 63.1 Å². The van der Waals surface area contributed by atoms with Crippen LogP contribution < -0.4 is 32.3 Å². The van der Waals surface area contributed by atoms with Crippen LogP contribution in [-0.2, 0) is 69.9 Å². The number of carbonyl (C=O) groups excluding carboxylic acids is 3. The number of likely N-dealkylation sites (tertiary alicyclic amines) is 3. The van der Waals surface area contributed by atoms with Gasteiger partial charge in [-0.25, -0.2) is 18.6 Å². The predicted octanol–water partition coefficient (Wildman–Crippen LogP) is 20.2. The molecule has 11 heterocycles. The number of amides is 3. The molecule has 9 unspecified atom stereocenters. The third-order valence-corrected chi connectivity index (χ3v) is 21.8. The number of anilines is 2. The third-order valence-electron chi connectivity index (χ3n) is 21.3. The van der Waals surface area contributed by atoms with Gasteiger partial charge < -0.3 is 121 Å². The summed E-state index contributed by atoms with van der Waals surface area (Å²) in [6.07, 6.45) is 0.524. The van der Waals surface area contributed by atoms with Gasteiger partial charge in [-0.3, -0.25) is 0 Å². The third kappa shape index (κ3) is 52.7. The van der Waals surface area contributed by atoms with E-state index in [9.17, 15) is 29.7 Å². The Morgan fingerprint density at radius 3 is 1.26 bits per heavy atom. The number of halogens is 8. The topological polar surface area (TPSA) is 441 Å². The molecule has 9 atom stereocenters. The van der Waals surface area contributed by atoms with Crippen LogP contribution in [0.4, 0.5) is 26.0 Å². The van der Waals surface area contributed by atoms with Gasteiger partial charge in [-0.1, -0.05) is 178 Å². The van der Waals surface area contributed by atoms with Crippen molar-refractivity contribution in [2.45, 2.75) is 261 Å². The summed E-state index contributed by atoms with van der Waals surface area (Å²) >= 11 is 25.2. The maximum Gasteiger partial charge on any atom is 0.410 e. The van der Waals surface area contributed by atoms with Crippen LogP contribution in [0.25, 0.3) is 0 Å². The van der Waals surface area contributed by atoms with Gasteiger partial charge in [-0.05, 0) is 204 Å². The number of β-amino-alcohol motifs (C(OH)–C–C–N with tert-alkyl or cyclic N) is 2. The summed E-state index contributed by atoms with van der Waals surface area (Å²) in [5, 5.41) is 79.5. The van der Waals surface area contributed by atoms with Crippen molar-refractivity contribution < 1.29 is 102 Å². The van der Waals surface area contributed by atoms with E-state index in [0.29, 0.717) is 97.0 Å². The number of nitrogens with two attached hydrogens (primary N) is 1. The number of nitrogens with zero attached hydrogens (tertiary/aromatic N) is 9. The van der Waals surface area contributed by atoms with Crippen molar-refractivity contribution in [3.63, 3.8) is 0 Å². The molecule has 3 aromatic carbocycles. The molecular weight excluding hydrogens is 2050 g/mol. The number of alkyl halides is 5.